The number of aryl methyl sites for hydroxylation is 1. The van der Waals surface area contributed by atoms with Crippen molar-refractivity contribution in [2.24, 2.45) is 0 Å². The Morgan fingerprint density at radius 2 is 2.08 bits per heavy atom. The van der Waals surface area contributed by atoms with Gasteiger partial charge in [-0.05, 0) is 59.1 Å². The fourth-order valence-corrected chi connectivity index (χ4v) is 4.51. The Bertz CT molecular complexity index is 895. The van der Waals surface area contributed by atoms with Gasteiger partial charge in [0.15, 0.2) is 0 Å². The van der Waals surface area contributed by atoms with E-state index >= 15 is 0 Å². The van der Waals surface area contributed by atoms with Crippen LogP contribution in [0.4, 0.5) is 0 Å². The fraction of sp³-hybridized carbons (Fsp3) is 0.200. The second-order valence-corrected chi connectivity index (χ2v) is 8.42. The van der Waals surface area contributed by atoms with Crippen LogP contribution in [0.5, 0.6) is 5.75 Å². The van der Waals surface area contributed by atoms with Crippen LogP contribution < -0.4 is 4.74 Å². The first-order chi connectivity index (χ1) is 12.5. The summed E-state index contributed by atoms with van der Waals surface area (Å²) in [4.78, 5) is 14.6. The van der Waals surface area contributed by atoms with Gasteiger partial charge in [-0.2, -0.15) is 0 Å². The molecule has 0 N–H and O–H groups in total. The molecule has 0 aliphatic carbocycles. The molecule has 0 bridgehead atoms. The lowest BCUT2D eigenvalue weighted by Gasteiger charge is -2.10. The number of carbonyl (C=O) groups excluding carboxylic acids is 1. The van der Waals surface area contributed by atoms with Crippen LogP contribution in [0.2, 0.25) is 0 Å². The minimum atomic E-state index is -0.0293. The molecule has 2 aromatic rings. The normalized spacial score (nSPS) is 15.8. The second-order valence-electron chi connectivity index (χ2n) is 5.89. The van der Waals surface area contributed by atoms with Gasteiger partial charge in [0.1, 0.15) is 16.7 Å². The van der Waals surface area contributed by atoms with E-state index in [1.54, 1.807) is 4.90 Å². The summed E-state index contributed by atoms with van der Waals surface area (Å²) in [5.41, 5.74) is 3.27. The van der Waals surface area contributed by atoms with Crippen molar-refractivity contribution in [1.29, 1.82) is 0 Å². The topological polar surface area (TPSA) is 29.5 Å². The van der Waals surface area contributed by atoms with Crippen molar-refractivity contribution in [3.63, 3.8) is 0 Å². The van der Waals surface area contributed by atoms with Crippen molar-refractivity contribution in [2.75, 3.05) is 6.54 Å². The number of hydrogen-bond donors (Lipinski definition) is 0. The first-order valence-corrected chi connectivity index (χ1v) is 10.2. The number of ether oxygens (including phenoxy) is 1. The van der Waals surface area contributed by atoms with Crippen LogP contribution in [-0.4, -0.2) is 21.7 Å². The van der Waals surface area contributed by atoms with Gasteiger partial charge in [-0.15, -0.1) is 0 Å². The first kappa shape index (κ1) is 19.1. The summed E-state index contributed by atoms with van der Waals surface area (Å²) in [5, 5.41) is 0. The van der Waals surface area contributed by atoms with Crippen molar-refractivity contribution >= 4 is 56.2 Å². The zero-order chi connectivity index (χ0) is 18.7. The SMILES string of the molecule is CCN1C(=O)C(=Cc2ccc(OCc3cccc(C)c3)c(Br)c2)SC1=S. The van der Waals surface area contributed by atoms with Gasteiger partial charge < -0.3 is 4.74 Å². The zero-order valence-electron chi connectivity index (χ0n) is 14.5. The molecule has 6 heteroatoms. The minimum Gasteiger partial charge on any atom is -0.488 e. The number of halogens is 1. The summed E-state index contributed by atoms with van der Waals surface area (Å²) in [6.45, 7) is 5.09. The van der Waals surface area contributed by atoms with E-state index in [-0.39, 0.29) is 5.91 Å². The number of amides is 1. The molecule has 0 spiro atoms. The molecule has 0 unspecified atom stereocenters. The van der Waals surface area contributed by atoms with E-state index in [4.69, 9.17) is 17.0 Å². The summed E-state index contributed by atoms with van der Waals surface area (Å²) in [7, 11) is 0. The van der Waals surface area contributed by atoms with Crippen LogP contribution in [0.25, 0.3) is 6.08 Å². The Kier molecular flexibility index (Phi) is 6.16. The van der Waals surface area contributed by atoms with Crippen molar-refractivity contribution in [3.8, 4) is 5.75 Å². The highest BCUT2D eigenvalue weighted by molar-refractivity contribution is 9.10. The molecule has 1 heterocycles. The predicted octanol–water partition coefficient (Wildman–Crippen LogP) is 5.56. The fourth-order valence-electron chi connectivity index (χ4n) is 2.61. The number of carbonyl (C=O) groups is 1. The molecular weight excluding hydrogens is 430 g/mol. The Morgan fingerprint density at radius 1 is 1.27 bits per heavy atom. The smallest absolute Gasteiger partial charge is 0.266 e. The highest BCUT2D eigenvalue weighted by atomic mass is 79.9. The molecule has 3 nitrogen and oxygen atoms in total. The second kappa shape index (κ2) is 8.37. The van der Waals surface area contributed by atoms with Crippen LogP contribution in [0.15, 0.2) is 51.8 Å². The van der Waals surface area contributed by atoms with E-state index < -0.39 is 0 Å². The van der Waals surface area contributed by atoms with Crippen LogP contribution in [0.3, 0.4) is 0 Å². The number of likely N-dealkylation sites (N-methyl/N-ethyl adjacent to an activating group) is 1. The largest absolute Gasteiger partial charge is 0.488 e. The molecule has 1 saturated heterocycles. The number of hydrogen-bond acceptors (Lipinski definition) is 4. The molecule has 1 aliphatic rings. The third-order valence-electron chi connectivity index (χ3n) is 3.92. The van der Waals surface area contributed by atoms with E-state index in [9.17, 15) is 4.79 Å². The van der Waals surface area contributed by atoms with Gasteiger partial charge in [-0.25, -0.2) is 0 Å². The summed E-state index contributed by atoms with van der Waals surface area (Å²) < 4.78 is 7.37. The van der Waals surface area contributed by atoms with E-state index in [1.165, 1.54) is 17.3 Å². The molecule has 1 aliphatic heterocycles. The van der Waals surface area contributed by atoms with E-state index in [1.807, 2.05) is 43.3 Å². The number of rotatable bonds is 5. The van der Waals surface area contributed by atoms with Gasteiger partial charge >= 0.3 is 0 Å². The Labute approximate surface area is 171 Å². The molecule has 2 aromatic carbocycles. The highest BCUT2D eigenvalue weighted by Crippen LogP contribution is 2.34. The number of benzene rings is 2. The lowest BCUT2D eigenvalue weighted by Crippen LogP contribution is -2.27. The Balaban J connectivity index is 1.73. The molecule has 26 heavy (non-hydrogen) atoms. The zero-order valence-corrected chi connectivity index (χ0v) is 17.7. The number of nitrogens with zero attached hydrogens (tertiary/aromatic N) is 1. The molecule has 0 aromatic heterocycles. The molecule has 0 radical (unpaired) electrons. The quantitative estimate of drug-likeness (QED) is 0.443. The van der Waals surface area contributed by atoms with E-state index in [0.717, 1.165) is 21.3 Å². The average Bonchev–Trinajstić information content (AvgIpc) is 2.87. The Morgan fingerprint density at radius 3 is 2.73 bits per heavy atom. The number of thioether (sulfide) groups is 1. The standard InChI is InChI=1S/C20H18BrNO2S2/c1-3-22-19(23)18(26-20(22)25)11-14-7-8-17(16(21)10-14)24-12-15-6-4-5-13(2)9-15/h4-11H,3,12H2,1-2H3. The summed E-state index contributed by atoms with van der Waals surface area (Å²) in [6.07, 6.45) is 1.87. The van der Waals surface area contributed by atoms with Gasteiger partial charge in [-0.1, -0.05) is 59.9 Å². The van der Waals surface area contributed by atoms with Gasteiger partial charge in [0.25, 0.3) is 5.91 Å². The molecule has 3 rings (SSSR count). The first-order valence-electron chi connectivity index (χ1n) is 8.21. The van der Waals surface area contributed by atoms with Gasteiger partial charge in [-0.3, -0.25) is 9.69 Å². The number of thiocarbonyl (C=S) groups is 1. The van der Waals surface area contributed by atoms with E-state index in [2.05, 4.69) is 35.0 Å². The van der Waals surface area contributed by atoms with E-state index in [0.29, 0.717) is 22.4 Å². The van der Waals surface area contributed by atoms with Crippen LogP contribution in [0, 0.1) is 6.92 Å². The molecular formula is C20H18BrNO2S2. The van der Waals surface area contributed by atoms with Crippen molar-refractivity contribution in [3.05, 3.63) is 68.5 Å². The van der Waals surface area contributed by atoms with Crippen LogP contribution in [-0.2, 0) is 11.4 Å². The summed E-state index contributed by atoms with van der Waals surface area (Å²) in [6, 6.07) is 14.0. The monoisotopic (exact) mass is 447 g/mol. The predicted molar refractivity (Wildman–Crippen MR) is 115 cm³/mol. The summed E-state index contributed by atoms with van der Waals surface area (Å²) in [5.74, 6) is 0.739. The average molecular weight is 448 g/mol. The van der Waals surface area contributed by atoms with Gasteiger partial charge in [0.2, 0.25) is 0 Å². The van der Waals surface area contributed by atoms with Gasteiger partial charge in [0, 0.05) is 6.54 Å². The molecule has 1 amide bonds. The maximum atomic E-state index is 12.3. The molecule has 134 valence electrons. The van der Waals surface area contributed by atoms with Crippen molar-refractivity contribution in [2.45, 2.75) is 20.5 Å². The lowest BCUT2D eigenvalue weighted by molar-refractivity contribution is -0.121. The third kappa shape index (κ3) is 4.37. The maximum Gasteiger partial charge on any atom is 0.266 e. The van der Waals surface area contributed by atoms with Crippen LogP contribution in [0.1, 0.15) is 23.6 Å². The minimum absolute atomic E-state index is 0.0293. The van der Waals surface area contributed by atoms with Crippen molar-refractivity contribution < 1.29 is 9.53 Å². The third-order valence-corrected chi connectivity index (χ3v) is 5.92. The maximum absolute atomic E-state index is 12.3. The summed E-state index contributed by atoms with van der Waals surface area (Å²) >= 11 is 10.1. The molecule has 0 saturated carbocycles. The molecule has 0 atom stereocenters. The molecule has 1 fully saturated rings. The van der Waals surface area contributed by atoms with Crippen LogP contribution >= 0.6 is 39.9 Å². The highest BCUT2D eigenvalue weighted by Gasteiger charge is 2.30. The van der Waals surface area contributed by atoms with Gasteiger partial charge in [0.05, 0.1) is 9.38 Å². The Hall–Kier alpha value is -1.63. The van der Waals surface area contributed by atoms with Crippen molar-refractivity contribution in [1.82, 2.24) is 4.90 Å². The lowest BCUT2D eigenvalue weighted by atomic mass is 10.1.